The predicted molar refractivity (Wildman–Crippen MR) is 74.3 cm³/mol. The van der Waals surface area contributed by atoms with Gasteiger partial charge in [-0.2, -0.15) is 5.10 Å². The van der Waals surface area contributed by atoms with Crippen LogP contribution in [0.4, 0.5) is 5.69 Å². The molecule has 1 heterocycles. The number of amidine groups is 1. The number of hydrogen-bond acceptors (Lipinski definition) is 4. The molecule has 0 bridgehead atoms. The van der Waals surface area contributed by atoms with Crippen molar-refractivity contribution in [2.24, 2.45) is 17.9 Å². The van der Waals surface area contributed by atoms with Gasteiger partial charge in [-0.3, -0.25) is 4.68 Å². The van der Waals surface area contributed by atoms with Crippen LogP contribution in [0.5, 0.6) is 0 Å². The molecule has 0 spiro atoms. The van der Waals surface area contributed by atoms with Gasteiger partial charge in [-0.25, -0.2) is 0 Å². The average molecular weight is 259 g/mol. The normalized spacial score (nSPS) is 11.6. The van der Waals surface area contributed by atoms with Gasteiger partial charge in [-0.05, 0) is 24.3 Å². The fraction of sp³-hybridized carbons (Fsp3) is 0.231. The molecule has 2 rings (SSSR count). The van der Waals surface area contributed by atoms with E-state index >= 15 is 0 Å². The minimum absolute atomic E-state index is 0.112. The molecule has 0 amide bonds. The number of aryl methyl sites for hydroxylation is 1. The van der Waals surface area contributed by atoms with E-state index in [-0.39, 0.29) is 5.84 Å². The van der Waals surface area contributed by atoms with Crippen molar-refractivity contribution >= 4 is 11.5 Å². The van der Waals surface area contributed by atoms with Crippen molar-refractivity contribution in [3.05, 3.63) is 47.8 Å². The Morgan fingerprint density at radius 3 is 2.63 bits per heavy atom. The number of anilines is 1. The number of nitrogens with zero attached hydrogens (tertiary/aromatic N) is 4. The van der Waals surface area contributed by atoms with Gasteiger partial charge in [-0.1, -0.05) is 5.16 Å². The van der Waals surface area contributed by atoms with Crippen LogP contribution in [0.2, 0.25) is 0 Å². The number of aromatic nitrogens is 2. The summed E-state index contributed by atoms with van der Waals surface area (Å²) in [6.07, 6.45) is 3.84. The monoisotopic (exact) mass is 259 g/mol. The highest BCUT2D eigenvalue weighted by molar-refractivity contribution is 5.97. The van der Waals surface area contributed by atoms with Crippen LogP contribution in [-0.2, 0) is 13.6 Å². The summed E-state index contributed by atoms with van der Waals surface area (Å²) in [7, 11) is 3.90. The summed E-state index contributed by atoms with van der Waals surface area (Å²) in [4.78, 5) is 2.10. The Kier molecular flexibility index (Phi) is 3.70. The molecule has 6 nitrogen and oxygen atoms in total. The zero-order chi connectivity index (χ0) is 13.8. The molecule has 0 aliphatic heterocycles. The van der Waals surface area contributed by atoms with Gasteiger partial charge in [-0.15, -0.1) is 0 Å². The second-order valence-electron chi connectivity index (χ2n) is 4.41. The molecule has 0 aliphatic carbocycles. The minimum Gasteiger partial charge on any atom is -0.409 e. The highest BCUT2D eigenvalue weighted by Crippen LogP contribution is 2.16. The Labute approximate surface area is 111 Å². The minimum atomic E-state index is 0.112. The summed E-state index contributed by atoms with van der Waals surface area (Å²) >= 11 is 0. The van der Waals surface area contributed by atoms with Crippen LogP contribution in [0, 0.1) is 0 Å². The van der Waals surface area contributed by atoms with Crippen molar-refractivity contribution in [2.75, 3.05) is 11.9 Å². The number of hydrogen-bond donors (Lipinski definition) is 2. The predicted octanol–water partition coefficient (Wildman–Crippen LogP) is 1.15. The smallest absolute Gasteiger partial charge is 0.170 e. The number of oxime groups is 1. The van der Waals surface area contributed by atoms with Crippen LogP contribution in [0.3, 0.4) is 0 Å². The van der Waals surface area contributed by atoms with Gasteiger partial charge < -0.3 is 15.8 Å². The lowest BCUT2D eigenvalue weighted by molar-refractivity contribution is 0.318. The lowest BCUT2D eigenvalue weighted by atomic mass is 10.2. The van der Waals surface area contributed by atoms with Gasteiger partial charge >= 0.3 is 0 Å². The van der Waals surface area contributed by atoms with Gasteiger partial charge in [0.1, 0.15) is 0 Å². The SMILES string of the molecule is CN(Cc1cnn(C)c1)c1ccc(/C(N)=N/O)cc1. The first-order valence-electron chi connectivity index (χ1n) is 5.87. The molecule has 100 valence electrons. The molecule has 19 heavy (non-hydrogen) atoms. The Hall–Kier alpha value is -2.50. The maximum atomic E-state index is 8.61. The van der Waals surface area contributed by atoms with Crippen LogP contribution in [0.25, 0.3) is 0 Å². The van der Waals surface area contributed by atoms with E-state index in [1.807, 2.05) is 50.8 Å². The molecule has 0 radical (unpaired) electrons. The van der Waals surface area contributed by atoms with E-state index in [0.29, 0.717) is 5.56 Å². The maximum absolute atomic E-state index is 8.61. The van der Waals surface area contributed by atoms with Crippen LogP contribution >= 0.6 is 0 Å². The van der Waals surface area contributed by atoms with Gasteiger partial charge in [0.15, 0.2) is 5.84 Å². The van der Waals surface area contributed by atoms with Crippen molar-refractivity contribution in [1.82, 2.24) is 9.78 Å². The van der Waals surface area contributed by atoms with E-state index in [1.165, 1.54) is 0 Å². The van der Waals surface area contributed by atoms with Crippen molar-refractivity contribution in [3.8, 4) is 0 Å². The number of nitrogens with two attached hydrogens (primary N) is 1. The van der Waals surface area contributed by atoms with Crippen LogP contribution in [-0.4, -0.2) is 27.9 Å². The van der Waals surface area contributed by atoms with Crippen LogP contribution in [0.15, 0.2) is 41.8 Å². The van der Waals surface area contributed by atoms with Gasteiger partial charge in [0.2, 0.25) is 0 Å². The molecule has 3 N–H and O–H groups in total. The molecule has 0 atom stereocenters. The Bertz CT molecular complexity index is 573. The lowest BCUT2D eigenvalue weighted by Crippen LogP contribution is -2.17. The molecule has 0 saturated carbocycles. The zero-order valence-electron chi connectivity index (χ0n) is 11.0. The molecule has 0 aliphatic rings. The first kappa shape index (κ1) is 12.9. The van der Waals surface area contributed by atoms with Crippen molar-refractivity contribution in [1.29, 1.82) is 0 Å². The summed E-state index contributed by atoms with van der Waals surface area (Å²) in [5, 5.41) is 15.7. The van der Waals surface area contributed by atoms with Crippen molar-refractivity contribution in [2.45, 2.75) is 6.54 Å². The van der Waals surface area contributed by atoms with E-state index in [1.54, 1.807) is 4.68 Å². The van der Waals surface area contributed by atoms with E-state index < -0.39 is 0 Å². The van der Waals surface area contributed by atoms with E-state index in [0.717, 1.165) is 17.8 Å². The highest BCUT2D eigenvalue weighted by atomic mass is 16.4. The van der Waals surface area contributed by atoms with Gasteiger partial charge in [0.25, 0.3) is 0 Å². The molecule has 2 aromatic rings. The van der Waals surface area contributed by atoms with Gasteiger partial charge in [0, 0.05) is 43.7 Å². The molecule has 0 saturated heterocycles. The molecule has 6 heteroatoms. The fourth-order valence-corrected chi connectivity index (χ4v) is 1.86. The van der Waals surface area contributed by atoms with E-state index in [4.69, 9.17) is 10.9 Å². The molecular weight excluding hydrogens is 242 g/mol. The summed E-state index contributed by atoms with van der Waals surface area (Å²) in [6, 6.07) is 7.52. The summed E-state index contributed by atoms with van der Waals surface area (Å²) in [5.41, 5.74) is 8.42. The van der Waals surface area contributed by atoms with Crippen molar-refractivity contribution < 1.29 is 5.21 Å². The zero-order valence-corrected chi connectivity index (χ0v) is 11.0. The quantitative estimate of drug-likeness (QED) is 0.373. The second-order valence-corrected chi connectivity index (χ2v) is 4.41. The van der Waals surface area contributed by atoms with Crippen LogP contribution < -0.4 is 10.6 Å². The Balaban J connectivity index is 2.09. The van der Waals surface area contributed by atoms with E-state index in [2.05, 4.69) is 15.2 Å². The molecular formula is C13H17N5O. The molecule has 1 aromatic carbocycles. The average Bonchev–Trinajstić information content (AvgIpc) is 2.83. The number of rotatable bonds is 4. The first-order chi connectivity index (χ1) is 9.10. The Morgan fingerprint density at radius 1 is 1.42 bits per heavy atom. The third kappa shape index (κ3) is 3.04. The third-order valence-corrected chi connectivity index (χ3v) is 2.89. The summed E-state index contributed by atoms with van der Waals surface area (Å²) < 4.78 is 1.78. The Morgan fingerprint density at radius 2 is 2.11 bits per heavy atom. The summed E-state index contributed by atoms with van der Waals surface area (Å²) in [6.45, 7) is 0.775. The fourth-order valence-electron chi connectivity index (χ4n) is 1.86. The maximum Gasteiger partial charge on any atom is 0.170 e. The van der Waals surface area contributed by atoms with Crippen molar-refractivity contribution in [3.63, 3.8) is 0 Å². The molecule has 1 aromatic heterocycles. The van der Waals surface area contributed by atoms with Crippen LogP contribution in [0.1, 0.15) is 11.1 Å². The largest absolute Gasteiger partial charge is 0.409 e. The molecule has 0 fully saturated rings. The lowest BCUT2D eigenvalue weighted by Gasteiger charge is -2.18. The van der Waals surface area contributed by atoms with Gasteiger partial charge in [0.05, 0.1) is 6.20 Å². The standard InChI is InChI=1S/C13H17N5O/c1-17(8-10-7-15-18(2)9-10)12-5-3-11(4-6-12)13(14)16-19/h3-7,9,19H,8H2,1-2H3,(H2,14,16). The number of benzene rings is 1. The summed E-state index contributed by atoms with van der Waals surface area (Å²) in [5.74, 6) is 0.112. The third-order valence-electron chi connectivity index (χ3n) is 2.89. The molecule has 0 unspecified atom stereocenters. The first-order valence-corrected chi connectivity index (χ1v) is 5.87. The topological polar surface area (TPSA) is 79.7 Å². The highest BCUT2D eigenvalue weighted by Gasteiger charge is 2.05. The second kappa shape index (κ2) is 5.43. The van der Waals surface area contributed by atoms with E-state index in [9.17, 15) is 0 Å².